The molecule has 0 spiro atoms. The summed E-state index contributed by atoms with van der Waals surface area (Å²) in [5.74, 6) is -0.986. The topological polar surface area (TPSA) is 219 Å². The van der Waals surface area contributed by atoms with Crippen molar-refractivity contribution in [2.75, 3.05) is 19.5 Å². The Morgan fingerprint density at radius 2 is 2.02 bits per heavy atom. The molecule has 5 N–H and O–H groups in total. The van der Waals surface area contributed by atoms with Crippen LogP contribution in [0.3, 0.4) is 0 Å². The van der Waals surface area contributed by atoms with Crippen molar-refractivity contribution < 1.29 is 51.1 Å². The quantitative estimate of drug-likeness (QED) is 0.136. The van der Waals surface area contributed by atoms with Crippen LogP contribution in [0.5, 0.6) is 5.75 Å². The van der Waals surface area contributed by atoms with Gasteiger partial charge in [0.1, 0.15) is 29.5 Å². The number of halogens is 2. The van der Waals surface area contributed by atoms with E-state index in [0.717, 1.165) is 18.0 Å². The minimum atomic E-state index is -5.27. The first kappa shape index (κ1) is 30.2. The normalized spacial score (nSPS) is 24.8. The molecular formula is C20H24ClFN6O10P2. The number of aromatic nitrogens is 4. The van der Waals surface area contributed by atoms with E-state index < -0.39 is 58.8 Å². The van der Waals surface area contributed by atoms with E-state index in [9.17, 15) is 23.9 Å². The Morgan fingerprint density at radius 1 is 1.32 bits per heavy atom. The van der Waals surface area contributed by atoms with E-state index in [-0.39, 0.29) is 28.0 Å². The number of anilines is 1. The van der Waals surface area contributed by atoms with Crippen molar-refractivity contribution in [2.45, 2.75) is 37.6 Å². The van der Waals surface area contributed by atoms with Gasteiger partial charge < -0.3 is 29.7 Å². The van der Waals surface area contributed by atoms with Crippen molar-refractivity contribution in [3.8, 4) is 5.75 Å². The van der Waals surface area contributed by atoms with Crippen LogP contribution in [0.25, 0.3) is 11.2 Å². The monoisotopic (exact) mass is 624 g/mol. The average molecular weight is 625 g/mol. The number of carbonyl (C=O) groups is 1. The molecule has 7 atom stereocenters. The highest BCUT2D eigenvalue weighted by Crippen LogP contribution is 2.60. The molecule has 3 unspecified atom stereocenters. The summed E-state index contributed by atoms with van der Waals surface area (Å²) in [5, 5.41) is 12.3. The highest BCUT2D eigenvalue weighted by Gasteiger charge is 2.48. The van der Waals surface area contributed by atoms with Gasteiger partial charge in [0, 0.05) is 0 Å². The van der Waals surface area contributed by atoms with Gasteiger partial charge in [0.25, 0.3) is 0 Å². The molecule has 218 valence electrons. The fraction of sp³-hybridized carbons (Fsp3) is 0.400. The minimum Gasteiger partial charge on any atom is -0.468 e. The van der Waals surface area contributed by atoms with Gasteiger partial charge in [0.15, 0.2) is 23.9 Å². The standard InChI is InChI=1S/C20H24ClFN6O10P2/c1-10(19(30)34-2)27-39(31,37-11-6-4-3-5-7-11)38-40(32,33)35-8-12-15(29)13(22)18(36-12)28-9-24-14-16(23)25-20(21)26-17(14)28/h3-7,9-10,12-13,15,18,29H,8H2,1-2H3,(H,27,31)(H,32,33)(H2,23,25,26)/t10-,12+,13+,15?,18+,39?/m0/s1. The Hall–Kier alpha value is -2.72. The van der Waals surface area contributed by atoms with Gasteiger partial charge in [-0.05, 0) is 30.7 Å². The van der Waals surface area contributed by atoms with Crippen LogP contribution in [0.4, 0.5) is 10.2 Å². The smallest absolute Gasteiger partial charge is 0.468 e. The minimum absolute atomic E-state index is 0.0138. The van der Waals surface area contributed by atoms with Gasteiger partial charge in [-0.1, -0.05) is 18.2 Å². The van der Waals surface area contributed by atoms with E-state index in [1.807, 2.05) is 0 Å². The van der Waals surface area contributed by atoms with Gasteiger partial charge in [-0.15, -0.1) is 0 Å². The summed E-state index contributed by atoms with van der Waals surface area (Å²) in [6.07, 6.45) is -5.79. The Balaban J connectivity index is 1.48. The number of hydrogen-bond donors (Lipinski definition) is 4. The number of ether oxygens (including phenoxy) is 2. The molecule has 0 amide bonds. The first-order valence-corrected chi connectivity index (χ1v) is 14.8. The molecule has 2 aromatic heterocycles. The first-order valence-electron chi connectivity index (χ1n) is 11.3. The molecule has 3 heterocycles. The lowest BCUT2D eigenvalue weighted by Crippen LogP contribution is -2.34. The summed E-state index contributed by atoms with van der Waals surface area (Å²) in [5.41, 5.74) is 5.87. The van der Waals surface area contributed by atoms with E-state index >= 15 is 4.39 Å². The molecular weight excluding hydrogens is 601 g/mol. The third-order valence-corrected chi connectivity index (χ3v) is 8.96. The summed E-state index contributed by atoms with van der Waals surface area (Å²) < 4.78 is 67.3. The molecule has 0 aliphatic carbocycles. The van der Waals surface area contributed by atoms with Crippen molar-refractivity contribution in [3.63, 3.8) is 0 Å². The number of carbonyl (C=O) groups excluding carboxylic acids is 1. The van der Waals surface area contributed by atoms with Crippen LogP contribution in [-0.2, 0) is 32.2 Å². The molecule has 1 fully saturated rings. The summed E-state index contributed by atoms with van der Waals surface area (Å²) in [6.45, 7) is 0.351. The second-order valence-electron chi connectivity index (χ2n) is 8.32. The number of alkyl halides is 1. The van der Waals surface area contributed by atoms with Crippen LogP contribution in [0.2, 0.25) is 5.28 Å². The number of nitrogen functional groups attached to an aromatic ring is 1. The number of para-hydroxylation sites is 1. The van der Waals surface area contributed by atoms with Gasteiger partial charge in [-0.25, -0.2) is 18.5 Å². The predicted octanol–water partition coefficient (Wildman–Crippen LogP) is 2.13. The maximum atomic E-state index is 15.0. The van der Waals surface area contributed by atoms with Gasteiger partial charge in [0.2, 0.25) is 5.28 Å². The van der Waals surface area contributed by atoms with Crippen LogP contribution in [0, 0.1) is 0 Å². The highest BCUT2D eigenvalue weighted by molar-refractivity contribution is 7.63. The lowest BCUT2D eigenvalue weighted by atomic mass is 10.1. The maximum absolute atomic E-state index is 15.0. The number of rotatable bonds is 11. The van der Waals surface area contributed by atoms with Gasteiger partial charge in [-0.3, -0.25) is 13.9 Å². The fourth-order valence-corrected chi connectivity index (χ4v) is 6.78. The highest BCUT2D eigenvalue weighted by atomic mass is 35.5. The van der Waals surface area contributed by atoms with E-state index in [0.29, 0.717) is 0 Å². The summed E-state index contributed by atoms with van der Waals surface area (Å²) >= 11 is 5.83. The Kier molecular flexibility index (Phi) is 9.09. The first-order chi connectivity index (χ1) is 18.8. The predicted molar refractivity (Wildman–Crippen MR) is 136 cm³/mol. The zero-order chi connectivity index (χ0) is 29.2. The SMILES string of the molecule is COC(=O)[C@H](C)NP(=O)(Oc1ccccc1)OP(=O)(O)OC[C@H]1O[C@@H](n2cnc3c(N)nc(Cl)nc32)[C@H](F)C1O. The summed E-state index contributed by atoms with van der Waals surface area (Å²) in [7, 11) is -8.97. The molecule has 40 heavy (non-hydrogen) atoms. The number of fused-ring (bicyclic) bond motifs is 1. The number of aliphatic hydroxyl groups is 1. The van der Waals surface area contributed by atoms with Crippen LogP contribution in [0.15, 0.2) is 36.7 Å². The van der Waals surface area contributed by atoms with Crippen molar-refractivity contribution >= 4 is 50.1 Å². The molecule has 1 aliphatic rings. The average Bonchev–Trinajstić information content (AvgIpc) is 3.43. The zero-order valence-electron chi connectivity index (χ0n) is 20.7. The van der Waals surface area contributed by atoms with E-state index in [4.69, 9.17) is 35.4 Å². The van der Waals surface area contributed by atoms with Crippen LogP contribution in [0.1, 0.15) is 13.2 Å². The number of benzene rings is 1. The van der Waals surface area contributed by atoms with Gasteiger partial charge in [0.05, 0.1) is 20.0 Å². The Bertz CT molecular complexity index is 1470. The number of phosphoric acid groups is 1. The number of nitrogens with zero attached hydrogens (tertiary/aromatic N) is 4. The lowest BCUT2D eigenvalue weighted by Gasteiger charge is -2.24. The number of nitrogens with two attached hydrogens (primary N) is 1. The fourth-order valence-electron chi connectivity index (χ4n) is 3.64. The molecule has 0 saturated carbocycles. The maximum Gasteiger partial charge on any atom is 0.481 e. The van der Waals surface area contributed by atoms with Crippen LogP contribution in [-0.4, -0.2) is 73.6 Å². The lowest BCUT2D eigenvalue weighted by molar-refractivity contribution is -0.142. The number of nitrogens with one attached hydrogen (secondary N) is 1. The third kappa shape index (κ3) is 6.77. The summed E-state index contributed by atoms with van der Waals surface area (Å²) in [4.78, 5) is 33.8. The number of imidazole rings is 1. The van der Waals surface area contributed by atoms with Crippen molar-refractivity contribution in [1.82, 2.24) is 24.6 Å². The van der Waals surface area contributed by atoms with E-state index in [2.05, 4.69) is 24.8 Å². The third-order valence-electron chi connectivity index (χ3n) is 5.48. The molecule has 3 aromatic rings. The molecule has 0 bridgehead atoms. The molecule has 0 radical (unpaired) electrons. The van der Waals surface area contributed by atoms with Crippen LogP contribution >= 0.6 is 27.2 Å². The van der Waals surface area contributed by atoms with Crippen molar-refractivity contribution in [1.29, 1.82) is 0 Å². The van der Waals surface area contributed by atoms with Crippen molar-refractivity contribution in [2.24, 2.45) is 0 Å². The zero-order valence-corrected chi connectivity index (χ0v) is 23.3. The van der Waals surface area contributed by atoms with E-state index in [1.165, 1.54) is 31.2 Å². The van der Waals surface area contributed by atoms with Gasteiger partial charge in [-0.2, -0.15) is 19.4 Å². The second-order valence-corrected chi connectivity index (χ2v) is 11.9. The number of phosphoric ester groups is 1. The molecule has 4 rings (SSSR count). The molecule has 1 aliphatic heterocycles. The molecule has 20 heteroatoms. The Labute approximate surface area is 230 Å². The van der Waals surface area contributed by atoms with Crippen molar-refractivity contribution in [3.05, 3.63) is 41.9 Å². The van der Waals surface area contributed by atoms with Gasteiger partial charge >= 0.3 is 21.5 Å². The molecule has 1 saturated heterocycles. The second kappa shape index (κ2) is 12.0. The molecule has 16 nitrogen and oxygen atoms in total. The number of esters is 1. The number of methoxy groups -OCH3 is 1. The number of hydrogen-bond acceptors (Lipinski definition) is 13. The Morgan fingerprint density at radius 3 is 2.70 bits per heavy atom. The molecule has 1 aromatic carbocycles. The largest absolute Gasteiger partial charge is 0.481 e. The van der Waals surface area contributed by atoms with Crippen LogP contribution < -0.4 is 15.3 Å². The summed E-state index contributed by atoms with van der Waals surface area (Å²) in [6, 6.07) is 6.13. The van der Waals surface area contributed by atoms with E-state index in [1.54, 1.807) is 6.07 Å². The number of aliphatic hydroxyl groups excluding tert-OH is 1.